The van der Waals surface area contributed by atoms with Gasteiger partial charge in [-0.1, -0.05) is 6.92 Å². The maximum atomic E-state index is 11.4. The number of nitrogens with zero attached hydrogens (tertiary/aromatic N) is 2. The second-order valence-corrected chi connectivity index (χ2v) is 3.65. The van der Waals surface area contributed by atoms with Crippen molar-refractivity contribution in [2.75, 3.05) is 39.3 Å². The van der Waals surface area contributed by atoms with Crippen LogP contribution in [0.3, 0.4) is 0 Å². The first-order chi connectivity index (χ1) is 6.77. The number of aliphatic hydroxyl groups is 1. The van der Waals surface area contributed by atoms with Crippen molar-refractivity contribution in [1.82, 2.24) is 9.80 Å². The molecule has 0 bridgehead atoms. The van der Waals surface area contributed by atoms with Crippen molar-refractivity contribution in [3.05, 3.63) is 0 Å². The molecule has 1 N–H and O–H groups in total. The van der Waals surface area contributed by atoms with Crippen molar-refractivity contribution < 1.29 is 9.90 Å². The zero-order valence-corrected chi connectivity index (χ0v) is 8.91. The highest BCUT2D eigenvalue weighted by Gasteiger charge is 2.16. The van der Waals surface area contributed by atoms with Crippen LogP contribution in [-0.4, -0.2) is 60.1 Å². The summed E-state index contributed by atoms with van der Waals surface area (Å²) in [5.74, 6) is 0.246. The van der Waals surface area contributed by atoms with Crippen LogP contribution >= 0.6 is 0 Å². The first kappa shape index (κ1) is 11.5. The fourth-order valence-electron chi connectivity index (χ4n) is 1.81. The lowest BCUT2D eigenvalue weighted by Gasteiger charge is -2.20. The molecule has 1 aliphatic heterocycles. The number of β-amino-alcohol motifs (C(OH)–C–C–N with tert-alkyl or cyclic N) is 1. The van der Waals surface area contributed by atoms with E-state index in [0.717, 1.165) is 39.1 Å². The molecule has 1 aliphatic rings. The van der Waals surface area contributed by atoms with Crippen LogP contribution in [0.5, 0.6) is 0 Å². The van der Waals surface area contributed by atoms with E-state index in [4.69, 9.17) is 5.11 Å². The van der Waals surface area contributed by atoms with Gasteiger partial charge in [-0.15, -0.1) is 0 Å². The van der Waals surface area contributed by atoms with Crippen LogP contribution in [0, 0.1) is 0 Å². The Morgan fingerprint density at radius 1 is 1.29 bits per heavy atom. The maximum absolute atomic E-state index is 11.4. The van der Waals surface area contributed by atoms with Gasteiger partial charge in [-0.25, -0.2) is 0 Å². The summed E-state index contributed by atoms with van der Waals surface area (Å²) in [5, 5.41) is 8.81. The summed E-state index contributed by atoms with van der Waals surface area (Å²) >= 11 is 0. The van der Waals surface area contributed by atoms with Gasteiger partial charge in [0.05, 0.1) is 6.61 Å². The molecule has 0 saturated carbocycles. The van der Waals surface area contributed by atoms with Crippen molar-refractivity contribution in [2.45, 2.75) is 19.8 Å². The molecule has 0 aromatic heterocycles. The maximum Gasteiger partial charge on any atom is 0.222 e. The van der Waals surface area contributed by atoms with E-state index in [1.807, 2.05) is 11.8 Å². The molecule has 0 aromatic carbocycles. The number of amides is 1. The number of rotatable bonds is 3. The normalized spacial score (nSPS) is 19.4. The number of hydrogen-bond acceptors (Lipinski definition) is 3. The van der Waals surface area contributed by atoms with Crippen LogP contribution < -0.4 is 0 Å². The summed E-state index contributed by atoms with van der Waals surface area (Å²) in [5.41, 5.74) is 0. The first-order valence-corrected chi connectivity index (χ1v) is 5.39. The fraction of sp³-hybridized carbons (Fsp3) is 0.900. The van der Waals surface area contributed by atoms with Crippen molar-refractivity contribution in [1.29, 1.82) is 0 Å². The van der Waals surface area contributed by atoms with Gasteiger partial charge in [-0.2, -0.15) is 0 Å². The van der Waals surface area contributed by atoms with Gasteiger partial charge in [0.1, 0.15) is 0 Å². The summed E-state index contributed by atoms with van der Waals surface area (Å²) < 4.78 is 0. The number of hydrogen-bond donors (Lipinski definition) is 1. The number of carbonyl (C=O) groups is 1. The van der Waals surface area contributed by atoms with Crippen LogP contribution in [0.1, 0.15) is 19.8 Å². The lowest BCUT2D eigenvalue weighted by molar-refractivity contribution is -0.130. The zero-order chi connectivity index (χ0) is 10.4. The minimum Gasteiger partial charge on any atom is -0.395 e. The van der Waals surface area contributed by atoms with E-state index in [0.29, 0.717) is 6.42 Å². The quantitative estimate of drug-likeness (QED) is 0.693. The van der Waals surface area contributed by atoms with Gasteiger partial charge < -0.3 is 10.0 Å². The lowest BCUT2D eigenvalue weighted by Crippen LogP contribution is -2.35. The molecule has 1 fully saturated rings. The molecule has 0 spiro atoms. The van der Waals surface area contributed by atoms with Crippen molar-refractivity contribution in [3.8, 4) is 0 Å². The predicted octanol–water partition coefficient (Wildman–Crippen LogP) is -0.0770. The van der Waals surface area contributed by atoms with Gasteiger partial charge in [0.2, 0.25) is 5.91 Å². The molecule has 0 unspecified atom stereocenters. The Hall–Kier alpha value is -0.610. The molecule has 14 heavy (non-hydrogen) atoms. The van der Waals surface area contributed by atoms with E-state index in [1.54, 1.807) is 0 Å². The Morgan fingerprint density at radius 3 is 2.71 bits per heavy atom. The van der Waals surface area contributed by atoms with Gasteiger partial charge in [-0.05, 0) is 13.0 Å². The second kappa shape index (κ2) is 5.98. The minimum atomic E-state index is 0.210. The lowest BCUT2D eigenvalue weighted by atomic mass is 10.3. The summed E-state index contributed by atoms with van der Waals surface area (Å²) in [4.78, 5) is 15.6. The van der Waals surface area contributed by atoms with Gasteiger partial charge in [0, 0.05) is 32.6 Å². The molecule has 0 radical (unpaired) electrons. The largest absolute Gasteiger partial charge is 0.395 e. The topological polar surface area (TPSA) is 43.8 Å². The first-order valence-electron chi connectivity index (χ1n) is 5.39. The third-order valence-electron chi connectivity index (χ3n) is 2.66. The molecule has 4 nitrogen and oxygen atoms in total. The van der Waals surface area contributed by atoms with Crippen LogP contribution in [0.15, 0.2) is 0 Å². The van der Waals surface area contributed by atoms with Crippen LogP contribution in [0.4, 0.5) is 0 Å². The van der Waals surface area contributed by atoms with Gasteiger partial charge in [-0.3, -0.25) is 9.69 Å². The smallest absolute Gasteiger partial charge is 0.222 e. The predicted molar refractivity (Wildman–Crippen MR) is 55.0 cm³/mol. The zero-order valence-electron chi connectivity index (χ0n) is 8.91. The molecule has 1 heterocycles. The SMILES string of the molecule is CCC(=O)N1CCCN(CCO)CC1. The summed E-state index contributed by atoms with van der Waals surface area (Å²) in [7, 11) is 0. The average molecular weight is 200 g/mol. The third-order valence-corrected chi connectivity index (χ3v) is 2.66. The molecular weight excluding hydrogens is 180 g/mol. The fourth-order valence-corrected chi connectivity index (χ4v) is 1.81. The molecule has 0 atom stereocenters. The molecule has 1 amide bonds. The number of aliphatic hydroxyl groups excluding tert-OH is 1. The van der Waals surface area contributed by atoms with E-state index >= 15 is 0 Å². The van der Waals surface area contributed by atoms with Gasteiger partial charge in [0.15, 0.2) is 0 Å². The Balaban J connectivity index is 2.36. The van der Waals surface area contributed by atoms with E-state index < -0.39 is 0 Å². The Kier molecular flexibility index (Phi) is 4.90. The van der Waals surface area contributed by atoms with E-state index in [9.17, 15) is 4.79 Å². The summed E-state index contributed by atoms with van der Waals surface area (Å²) in [6.07, 6.45) is 1.62. The third kappa shape index (κ3) is 3.27. The van der Waals surface area contributed by atoms with E-state index in [1.165, 1.54) is 0 Å². The highest BCUT2D eigenvalue weighted by atomic mass is 16.3. The molecule has 4 heteroatoms. The van der Waals surface area contributed by atoms with Gasteiger partial charge >= 0.3 is 0 Å². The molecule has 1 saturated heterocycles. The van der Waals surface area contributed by atoms with Crippen molar-refractivity contribution in [3.63, 3.8) is 0 Å². The van der Waals surface area contributed by atoms with Gasteiger partial charge in [0.25, 0.3) is 0 Å². The van der Waals surface area contributed by atoms with E-state index in [-0.39, 0.29) is 12.5 Å². The van der Waals surface area contributed by atoms with Crippen molar-refractivity contribution in [2.24, 2.45) is 0 Å². The standard InChI is InChI=1S/C10H20N2O2/c1-2-10(14)12-5-3-4-11(6-7-12)8-9-13/h13H,2-9H2,1H3. The summed E-state index contributed by atoms with van der Waals surface area (Å²) in [6.45, 7) is 6.41. The Bertz CT molecular complexity index is 185. The Labute approximate surface area is 85.5 Å². The van der Waals surface area contributed by atoms with E-state index in [2.05, 4.69) is 4.90 Å². The van der Waals surface area contributed by atoms with Crippen LogP contribution in [0.25, 0.3) is 0 Å². The second-order valence-electron chi connectivity index (χ2n) is 3.65. The molecule has 0 aliphatic carbocycles. The molecular formula is C10H20N2O2. The molecule has 0 aromatic rings. The number of carbonyl (C=O) groups excluding carboxylic acids is 1. The highest BCUT2D eigenvalue weighted by molar-refractivity contribution is 5.75. The minimum absolute atomic E-state index is 0.210. The Morgan fingerprint density at radius 2 is 2.07 bits per heavy atom. The van der Waals surface area contributed by atoms with Crippen molar-refractivity contribution >= 4 is 5.91 Å². The summed E-state index contributed by atoms with van der Waals surface area (Å²) in [6, 6.07) is 0. The molecule has 82 valence electrons. The molecule has 1 rings (SSSR count). The highest BCUT2D eigenvalue weighted by Crippen LogP contribution is 2.04. The van der Waals surface area contributed by atoms with Crippen LogP contribution in [0.2, 0.25) is 0 Å². The monoisotopic (exact) mass is 200 g/mol. The van der Waals surface area contributed by atoms with Crippen LogP contribution in [-0.2, 0) is 4.79 Å². The average Bonchev–Trinajstić information content (AvgIpc) is 2.43.